The van der Waals surface area contributed by atoms with E-state index in [4.69, 9.17) is 6.42 Å². The molecule has 2 rings (SSSR count). The van der Waals surface area contributed by atoms with E-state index in [0.717, 1.165) is 5.56 Å². The molecule has 0 N–H and O–H groups in total. The highest BCUT2D eigenvalue weighted by Crippen LogP contribution is 2.12. The third kappa shape index (κ3) is 2.62. The van der Waals surface area contributed by atoms with Crippen molar-refractivity contribution in [2.75, 3.05) is 0 Å². The van der Waals surface area contributed by atoms with Gasteiger partial charge >= 0.3 is 0 Å². The van der Waals surface area contributed by atoms with Gasteiger partial charge in [-0.15, -0.1) is 6.42 Å². The Morgan fingerprint density at radius 2 is 1.71 bits per heavy atom. The lowest BCUT2D eigenvalue weighted by Crippen LogP contribution is -2.01. The van der Waals surface area contributed by atoms with E-state index in [-0.39, 0.29) is 5.78 Å². The molecule has 2 aromatic rings. The first-order valence-electron chi connectivity index (χ1n) is 5.30. The molecular weight excluding hydrogens is 208 g/mol. The van der Waals surface area contributed by atoms with E-state index in [9.17, 15) is 4.79 Å². The highest BCUT2D eigenvalue weighted by molar-refractivity contribution is 6.09. The van der Waals surface area contributed by atoms with E-state index in [0.29, 0.717) is 11.1 Å². The Hall–Kier alpha value is -2.33. The van der Waals surface area contributed by atoms with Crippen molar-refractivity contribution in [2.24, 2.45) is 0 Å². The average molecular weight is 219 g/mol. The maximum Gasteiger partial charge on any atom is 0.193 e. The largest absolute Gasteiger partial charge is 0.289 e. The van der Waals surface area contributed by atoms with Gasteiger partial charge in [-0.2, -0.15) is 0 Å². The Kier molecular flexibility index (Phi) is 3.37. The van der Waals surface area contributed by atoms with E-state index >= 15 is 0 Å². The van der Waals surface area contributed by atoms with Gasteiger partial charge in [0.05, 0.1) is 6.42 Å². The van der Waals surface area contributed by atoms with Crippen LogP contribution in [0.4, 0.5) is 0 Å². The minimum atomic E-state index is 0.0119. The summed E-state index contributed by atoms with van der Waals surface area (Å²) >= 11 is 0. The predicted molar refractivity (Wildman–Crippen MR) is 68.6 cm³/mol. The van der Waals surface area contributed by atoms with Crippen molar-refractivity contribution in [1.82, 2.24) is 0 Å². The molecule has 0 unspecified atom stereocenters. The highest BCUT2D eigenvalue weighted by atomic mass is 16.1. The number of carbonyl (C=O) groups excluding carboxylic acids is 1. The molecule has 0 bridgehead atoms. The zero-order chi connectivity index (χ0) is 12.1. The molecule has 0 spiro atoms. The van der Waals surface area contributed by atoms with Gasteiger partial charge < -0.3 is 0 Å². The molecule has 0 amide bonds. The SMILES string of the molecule is C#C[CH]c1cccc(C(=O)c2ccccc2)c1. The maximum atomic E-state index is 12.1. The van der Waals surface area contributed by atoms with E-state index in [1.54, 1.807) is 30.7 Å². The Morgan fingerprint density at radius 3 is 2.41 bits per heavy atom. The Labute approximate surface area is 101 Å². The molecule has 0 fully saturated rings. The van der Waals surface area contributed by atoms with Crippen molar-refractivity contribution in [3.63, 3.8) is 0 Å². The number of hydrogen-bond acceptors (Lipinski definition) is 1. The monoisotopic (exact) mass is 219 g/mol. The molecule has 0 aromatic heterocycles. The molecule has 0 atom stereocenters. The van der Waals surface area contributed by atoms with Crippen LogP contribution in [0.1, 0.15) is 21.5 Å². The zero-order valence-electron chi connectivity index (χ0n) is 9.26. The topological polar surface area (TPSA) is 17.1 Å². The second-order valence-electron chi connectivity index (χ2n) is 3.63. The van der Waals surface area contributed by atoms with Gasteiger partial charge in [0.2, 0.25) is 0 Å². The van der Waals surface area contributed by atoms with Crippen LogP contribution in [0, 0.1) is 18.8 Å². The summed E-state index contributed by atoms with van der Waals surface area (Å²) in [7, 11) is 0. The molecule has 0 aliphatic heterocycles. The third-order valence-electron chi connectivity index (χ3n) is 2.43. The number of terminal acetylenes is 1. The van der Waals surface area contributed by atoms with Crippen LogP contribution in [0.3, 0.4) is 0 Å². The Bertz CT molecular complexity index is 562. The first-order chi connectivity index (χ1) is 8.31. The molecule has 2 aromatic carbocycles. The number of rotatable bonds is 3. The van der Waals surface area contributed by atoms with Crippen molar-refractivity contribution >= 4 is 5.78 Å². The van der Waals surface area contributed by atoms with E-state index < -0.39 is 0 Å². The number of benzene rings is 2. The quantitative estimate of drug-likeness (QED) is 0.572. The van der Waals surface area contributed by atoms with Crippen LogP contribution < -0.4 is 0 Å². The van der Waals surface area contributed by atoms with Gasteiger partial charge in [-0.25, -0.2) is 0 Å². The van der Waals surface area contributed by atoms with Gasteiger partial charge in [0.15, 0.2) is 5.78 Å². The van der Waals surface area contributed by atoms with Crippen LogP contribution >= 0.6 is 0 Å². The van der Waals surface area contributed by atoms with Crippen LogP contribution in [0.15, 0.2) is 54.6 Å². The van der Waals surface area contributed by atoms with Gasteiger partial charge in [0, 0.05) is 11.1 Å². The average Bonchev–Trinajstić information content (AvgIpc) is 2.40. The van der Waals surface area contributed by atoms with Gasteiger partial charge in [-0.3, -0.25) is 4.79 Å². The van der Waals surface area contributed by atoms with Gasteiger partial charge in [-0.1, -0.05) is 54.5 Å². The second-order valence-corrected chi connectivity index (χ2v) is 3.63. The zero-order valence-corrected chi connectivity index (χ0v) is 9.26. The molecule has 81 valence electrons. The van der Waals surface area contributed by atoms with Crippen LogP contribution in [-0.4, -0.2) is 5.78 Å². The Balaban J connectivity index is 2.32. The van der Waals surface area contributed by atoms with Crippen molar-refractivity contribution in [3.8, 4) is 12.3 Å². The van der Waals surface area contributed by atoms with Crippen LogP contribution in [0.25, 0.3) is 0 Å². The summed E-state index contributed by atoms with van der Waals surface area (Å²) in [5.74, 6) is 2.47. The first-order valence-corrected chi connectivity index (χ1v) is 5.30. The fourth-order valence-electron chi connectivity index (χ4n) is 1.62. The molecule has 0 aliphatic carbocycles. The fraction of sp³-hybridized carbons (Fsp3) is 0. The van der Waals surface area contributed by atoms with Crippen molar-refractivity contribution in [1.29, 1.82) is 0 Å². The van der Waals surface area contributed by atoms with Crippen LogP contribution in [-0.2, 0) is 0 Å². The van der Waals surface area contributed by atoms with E-state index in [1.165, 1.54) is 0 Å². The molecule has 0 heterocycles. The highest BCUT2D eigenvalue weighted by Gasteiger charge is 2.08. The van der Waals surface area contributed by atoms with Crippen molar-refractivity contribution < 1.29 is 4.79 Å². The summed E-state index contributed by atoms with van der Waals surface area (Å²) in [6.07, 6.45) is 6.85. The normalized spacial score (nSPS) is 9.59. The summed E-state index contributed by atoms with van der Waals surface area (Å²) < 4.78 is 0. The fourth-order valence-corrected chi connectivity index (χ4v) is 1.62. The standard InChI is InChI=1S/C16H11O/c1-2-7-13-8-6-11-15(12-13)16(17)14-9-4-3-5-10-14/h1,3-12H. The first kappa shape index (κ1) is 11.2. The van der Waals surface area contributed by atoms with Gasteiger partial charge in [0.1, 0.15) is 0 Å². The number of ketones is 1. The smallest absolute Gasteiger partial charge is 0.193 e. The molecule has 1 radical (unpaired) electrons. The lowest BCUT2D eigenvalue weighted by atomic mass is 10.0. The minimum absolute atomic E-state index is 0.0119. The second kappa shape index (κ2) is 5.14. The molecule has 1 nitrogen and oxygen atoms in total. The minimum Gasteiger partial charge on any atom is -0.289 e. The summed E-state index contributed by atoms with van der Waals surface area (Å²) in [4.78, 5) is 12.1. The van der Waals surface area contributed by atoms with E-state index in [1.807, 2.05) is 30.3 Å². The third-order valence-corrected chi connectivity index (χ3v) is 2.43. The molecule has 0 saturated carbocycles. The lowest BCUT2D eigenvalue weighted by Gasteiger charge is -2.02. The van der Waals surface area contributed by atoms with E-state index in [2.05, 4.69) is 5.92 Å². The molecule has 1 heteroatoms. The summed E-state index contributed by atoms with van der Waals surface area (Å²) in [6, 6.07) is 16.5. The molecule has 17 heavy (non-hydrogen) atoms. The predicted octanol–water partition coefficient (Wildman–Crippen LogP) is 3.10. The lowest BCUT2D eigenvalue weighted by molar-refractivity contribution is 0.103. The van der Waals surface area contributed by atoms with Crippen molar-refractivity contribution in [2.45, 2.75) is 0 Å². The number of hydrogen-bond donors (Lipinski definition) is 0. The summed E-state index contributed by atoms with van der Waals surface area (Å²) in [5.41, 5.74) is 2.21. The maximum absolute atomic E-state index is 12.1. The summed E-state index contributed by atoms with van der Waals surface area (Å²) in [6.45, 7) is 0. The van der Waals surface area contributed by atoms with Crippen LogP contribution in [0.2, 0.25) is 0 Å². The Morgan fingerprint density at radius 1 is 1.00 bits per heavy atom. The van der Waals surface area contributed by atoms with Gasteiger partial charge in [0.25, 0.3) is 0 Å². The number of carbonyl (C=O) groups is 1. The summed E-state index contributed by atoms with van der Waals surface area (Å²) in [5, 5.41) is 0. The molecule has 0 aliphatic rings. The van der Waals surface area contributed by atoms with Gasteiger partial charge in [-0.05, 0) is 11.6 Å². The van der Waals surface area contributed by atoms with Crippen LogP contribution in [0.5, 0.6) is 0 Å². The van der Waals surface area contributed by atoms with Crippen molar-refractivity contribution in [3.05, 3.63) is 77.7 Å². The molecular formula is C16H11O. The molecule has 0 saturated heterocycles.